The molecule has 2 aliphatic rings. The number of likely N-dealkylation sites (tertiary alicyclic amines) is 1. The van der Waals surface area contributed by atoms with Crippen LogP contribution in [-0.2, 0) is 17.6 Å². The Morgan fingerprint density at radius 1 is 1.20 bits per heavy atom. The second kappa shape index (κ2) is 9.00. The Morgan fingerprint density at radius 3 is 2.28 bits per heavy atom. The summed E-state index contributed by atoms with van der Waals surface area (Å²) in [5.74, 6) is 0.498. The molecule has 1 N–H and O–H groups in total. The Hall–Kier alpha value is -1.12. The fourth-order valence-corrected chi connectivity index (χ4v) is 3.56. The number of piperidine rings is 1. The summed E-state index contributed by atoms with van der Waals surface area (Å²) in [6, 6.07) is 5.45. The molecule has 8 heteroatoms. The van der Waals surface area contributed by atoms with Gasteiger partial charge in [0.15, 0.2) is 0 Å². The number of benzene rings is 1. The highest BCUT2D eigenvalue weighted by molar-refractivity contribution is 9.18. The zero-order valence-electron chi connectivity index (χ0n) is 14.0. The lowest BCUT2D eigenvalue weighted by atomic mass is 9.90. The molecule has 0 bridgehead atoms. The van der Waals surface area contributed by atoms with Gasteiger partial charge in [0.05, 0.1) is 5.56 Å². The van der Waals surface area contributed by atoms with E-state index in [0.29, 0.717) is 12.5 Å². The highest BCUT2D eigenvalue weighted by atomic mass is 79.9. The maximum atomic E-state index is 12.6. The van der Waals surface area contributed by atoms with E-state index in [1.807, 2.05) is 0 Å². The van der Waals surface area contributed by atoms with Crippen LogP contribution in [0.1, 0.15) is 30.4 Å². The average molecular weight is 423 g/mol. The van der Waals surface area contributed by atoms with Gasteiger partial charge >= 0.3 is 6.18 Å². The molecule has 1 fully saturated rings. The number of hydrogen-bond donors (Lipinski definition) is 1. The van der Waals surface area contributed by atoms with Crippen molar-refractivity contribution in [2.24, 2.45) is 11.1 Å². The Kier molecular flexibility index (Phi) is 7.27. The molecular formula is C17H22BrF3N2O2. The van der Waals surface area contributed by atoms with E-state index in [4.69, 9.17) is 9.94 Å². The molecule has 1 aromatic rings. The molecule has 0 radical (unpaired) electrons. The van der Waals surface area contributed by atoms with Crippen molar-refractivity contribution in [3.63, 3.8) is 0 Å². The number of alkyl halides is 3. The Morgan fingerprint density at radius 2 is 1.80 bits per heavy atom. The summed E-state index contributed by atoms with van der Waals surface area (Å²) in [5, 5.41) is 10.9. The SMILES string of the molecule is CO.FC(F)(F)c1ccc(CN2CCC(C3CC(Br)=NO3)CC2)cc1. The van der Waals surface area contributed by atoms with Gasteiger partial charge < -0.3 is 9.94 Å². The van der Waals surface area contributed by atoms with Crippen molar-refractivity contribution >= 4 is 20.6 Å². The fraction of sp³-hybridized carbons (Fsp3) is 0.588. The second-order valence-corrected chi connectivity index (χ2v) is 7.04. The molecular weight excluding hydrogens is 401 g/mol. The third-order valence-corrected chi connectivity index (χ3v) is 4.97. The van der Waals surface area contributed by atoms with Crippen molar-refractivity contribution in [1.29, 1.82) is 0 Å². The minimum atomic E-state index is -4.27. The molecule has 3 rings (SSSR count). The van der Waals surface area contributed by atoms with E-state index in [0.717, 1.165) is 61.8 Å². The molecule has 0 spiro atoms. The highest BCUT2D eigenvalue weighted by Gasteiger charge is 2.32. The van der Waals surface area contributed by atoms with Crippen molar-refractivity contribution in [3.05, 3.63) is 35.4 Å². The summed E-state index contributed by atoms with van der Waals surface area (Å²) in [4.78, 5) is 7.70. The molecule has 2 aliphatic heterocycles. The lowest BCUT2D eigenvalue weighted by molar-refractivity contribution is -0.137. The van der Waals surface area contributed by atoms with Crippen molar-refractivity contribution in [2.45, 2.75) is 38.1 Å². The minimum Gasteiger partial charge on any atom is -0.400 e. The Balaban J connectivity index is 0.00000109. The molecule has 2 heterocycles. The van der Waals surface area contributed by atoms with Crippen molar-refractivity contribution in [1.82, 2.24) is 4.90 Å². The van der Waals surface area contributed by atoms with Crippen LogP contribution in [0.3, 0.4) is 0 Å². The van der Waals surface area contributed by atoms with Crippen molar-refractivity contribution in [3.8, 4) is 0 Å². The van der Waals surface area contributed by atoms with Gasteiger partial charge in [-0.25, -0.2) is 0 Å². The number of halogens is 4. The highest BCUT2D eigenvalue weighted by Crippen LogP contribution is 2.31. The van der Waals surface area contributed by atoms with Gasteiger partial charge in [-0.15, -0.1) is 0 Å². The molecule has 1 saturated heterocycles. The van der Waals surface area contributed by atoms with Gasteiger partial charge in [0.1, 0.15) is 10.7 Å². The first kappa shape index (κ1) is 20.2. The molecule has 4 nitrogen and oxygen atoms in total. The molecule has 1 unspecified atom stereocenters. The summed E-state index contributed by atoms with van der Waals surface area (Å²) in [5.41, 5.74) is 0.323. The molecule has 0 saturated carbocycles. The number of oxime groups is 1. The number of aliphatic hydroxyl groups excluding tert-OH is 1. The van der Waals surface area contributed by atoms with E-state index in [9.17, 15) is 13.2 Å². The lowest BCUT2D eigenvalue weighted by Gasteiger charge is -2.33. The lowest BCUT2D eigenvalue weighted by Crippen LogP contribution is -2.37. The molecule has 140 valence electrons. The van der Waals surface area contributed by atoms with Gasteiger partial charge in [-0.3, -0.25) is 4.90 Å². The van der Waals surface area contributed by atoms with E-state index < -0.39 is 11.7 Å². The summed E-state index contributed by atoms with van der Waals surface area (Å²) in [6.07, 6.45) is -1.21. The minimum absolute atomic E-state index is 0.164. The summed E-state index contributed by atoms with van der Waals surface area (Å²) < 4.78 is 38.6. The quantitative estimate of drug-likeness (QED) is 0.799. The first-order valence-electron chi connectivity index (χ1n) is 8.13. The third kappa shape index (κ3) is 5.69. The van der Waals surface area contributed by atoms with Gasteiger partial charge in [-0.2, -0.15) is 13.2 Å². The monoisotopic (exact) mass is 422 g/mol. The number of rotatable bonds is 3. The van der Waals surface area contributed by atoms with Crippen LogP contribution in [0.25, 0.3) is 0 Å². The van der Waals surface area contributed by atoms with Gasteiger partial charge in [0, 0.05) is 26.0 Å². The average Bonchev–Trinajstić information content (AvgIpc) is 3.03. The van der Waals surface area contributed by atoms with Crippen molar-refractivity contribution in [2.75, 3.05) is 20.2 Å². The topological polar surface area (TPSA) is 45.1 Å². The van der Waals surface area contributed by atoms with E-state index in [-0.39, 0.29) is 6.10 Å². The molecule has 1 aromatic carbocycles. The van der Waals surface area contributed by atoms with Crippen LogP contribution in [0, 0.1) is 5.92 Å². The molecule has 0 aliphatic carbocycles. The normalized spacial score (nSPS) is 22.0. The molecule has 25 heavy (non-hydrogen) atoms. The van der Waals surface area contributed by atoms with Gasteiger partial charge in [0.25, 0.3) is 0 Å². The van der Waals surface area contributed by atoms with Gasteiger partial charge in [0.2, 0.25) is 0 Å². The summed E-state index contributed by atoms with van der Waals surface area (Å²) >= 11 is 3.36. The molecule has 0 amide bonds. The smallest absolute Gasteiger partial charge is 0.400 e. The van der Waals surface area contributed by atoms with Crippen LogP contribution in [0.5, 0.6) is 0 Å². The zero-order chi connectivity index (χ0) is 18.4. The first-order valence-corrected chi connectivity index (χ1v) is 8.92. The standard InChI is InChI=1S/C16H18BrF3N2O.CH4O/c17-15-9-14(23-21-15)12-5-7-22(8-6-12)10-11-1-3-13(4-2-11)16(18,19)20;1-2/h1-4,12,14H,5-10H2;2H,1H3. The summed E-state index contributed by atoms with van der Waals surface area (Å²) in [7, 11) is 1.00. The molecule has 0 aromatic heterocycles. The second-order valence-electron chi connectivity index (χ2n) is 6.12. The fourth-order valence-electron chi connectivity index (χ4n) is 3.16. The maximum Gasteiger partial charge on any atom is 0.416 e. The van der Waals surface area contributed by atoms with E-state index >= 15 is 0 Å². The van der Waals surface area contributed by atoms with Crippen LogP contribution in [0.4, 0.5) is 13.2 Å². The number of nitrogens with zero attached hydrogens (tertiary/aromatic N) is 2. The van der Waals surface area contributed by atoms with Crippen LogP contribution >= 0.6 is 15.9 Å². The predicted octanol–water partition coefficient (Wildman–Crippen LogP) is 4.02. The largest absolute Gasteiger partial charge is 0.416 e. The van der Waals surface area contributed by atoms with E-state index in [1.165, 1.54) is 0 Å². The predicted molar refractivity (Wildman–Crippen MR) is 93.4 cm³/mol. The van der Waals surface area contributed by atoms with Crippen LogP contribution in [0.2, 0.25) is 0 Å². The van der Waals surface area contributed by atoms with Crippen molar-refractivity contribution < 1.29 is 23.1 Å². The third-order valence-electron chi connectivity index (χ3n) is 4.50. The van der Waals surface area contributed by atoms with Gasteiger partial charge in [-0.05, 0) is 59.6 Å². The first-order chi connectivity index (χ1) is 11.9. The van der Waals surface area contributed by atoms with Crippen LogP contribution < -0.4 is 0 Å². The Labute approximate surface area is 153 Å². The number of aliphatic hydroxyl groups is 1. The molecule has 1 atom stereocenters. The van der Waals surface area contributed by atoms with E-state index in [2.05, 4.69) is 26.0 Å². The Bertz CT molecular complexity index is 570. The maximum absolute atomic E-state index is 12.6. The summed E-state index contributed by atoms with van der Waals surface area (Å²) in [6.45, 7) is 2.56. The van der Waals surface area contributed by atoms with Crippen LogP contribution in [0.15, 0.2) is 29.4 Å². The van der Waals surface area contributed by atoms with Gasteiger partial charge in [-0.1, -0.05) is 17.3 Å². The van der Waals surface area contributed by atoms with Crippen LogP contribution in [-0.4, -0.2) is 40.9 Å². The number of hydrogen-bond acceptors (Lipinski definition) is 4. The van der Waals surface area contributed by atoms with E-state index in [1.54, 1.807) is 12.1 Å². The zero-order valence-corrected chi connectivity index (χ0v) is 15.6.